The minimum Gasteiger partial charge on any atom is -0.486 e. The number of carbonyl (C=O) groups is 1. The Bertz CT molecular complexity index is 1360. The molecule has 1 N–H and O–H groups in total. The summed E-state index contributed by atoms with van der Waals surface area (Å²) < 4.78 is 25.1. The molecule has 0 aromatic heterocycles. The van der Waals surface area contributed by atoms with Crippen LogP contribution in [0.4, 0.5) is 21.5 Å². The molecule has 6 rings (SSSR count). The number of halogens is 1. The molecule has 0 aliphatic carbocycles. The molecular formula is C30H30FN3O3. The highest BCUT2D eigenvalue weighted by atomic mass is 19.1. The fourth-order valence-electron chi connectivity index (χ4n) is 5.33. The van der Waals surface area contributed by atoms with Gasteiger partial charge in [0.1, 0.15) is 19.4 Å². The lowest BCUT2D eigenvalue weighted by Crippen LogP contribution is -2.41. The number of ether oxygens (including phenoxy) is 2. The van der Waals surface area contributed by atoms with Crippen molar-refractivity contribution in [1.82, 2.24) is 4.90 Å². The summed E-state index contributed by atoms with van der Waals surface area (Å²) in [7, 11) is 0. The Hall–Kier alpha value is -3.84. The zero-order valence-corrected chi connectivity index (χ0v) is 20.8. The molecule has 190 valence electrons. The first-order valence-electron chi connectivity index (χ1n) is 12.8. The molecule has 0 saturated carbocycles. The van der Waals surface area contributed by atoms with E-state index in [-0.39, 0.29) is 11.9 Å². The van der Waals surface area contributed by atoms with Crippen LogP contribution in [0.2, 0.25) is 0 Å². The second-order valence-corrected chi connectivity index (χ2v) is 9.81. The number of amides is 1. The third-order valence-electron chi connectivity index (χ3n) is 7.22. The largest absolute Gasteiger partial charge is 0.486 e. The number of rotatable bonds is 5. The van der Waals surface area contributed by atoms with Gasteiger partial charge in [-0.3, -0.25) is 9.69 Å². The van der Waals surface area contributed by atoms with Gasteiger partial charge in [-0.2, -0.15) is 0 Å². The van der Waals surface area contributed by atoms with E-state index in [0.29, 0.717) is 48.9 Å². The molecular weight excluding hydrogens is 469 g/mol. The number of nitrogens with zero attached hydrogens (tertiary/aromatic N) is 2. The van der Waals surface area contributed by atoms with Crippen LogP contribution in [0.3, 0.4) is 0 Å². The molecule has 37 heavy (non-hydrogen) atoms. The first-order valence-corrected chi connectivity index (χ1v) is 12.8. The number of anilines is 3. The Kier molecular flexibility index (Phi) is 6.30. The van der Waals surface area contributed by atoms with E-state index in [0.717, 1.165) is 35.6 Å². The van der Waals surface area contributed by atoms with E-state index in [1.165, 1.54) is 0 Å². The zero-order chi connectivity index (χ0) is 25.4. The van der Waals surface area contributed by atoms with Crippen molar-refractivity contribution in [3.63, 3.8) is 0 Å². The molecule has 1 saturated heterocycles. The van der Waals surface area contributed by atoms with Crippen LogP contribution >= 0.6 is 0 Å². The number of aryl methyl sites for hydroxylation is 1. The Balaban J connectivity index is 1.30. The number of benzene rings is 3. The lowest BCUT2D eigenvalue weighted by atomic mass is 9.99. The smallest absolute Gasteiger partial charge is 0.255 e. The van der Waals surface area contributed by atoms with E-state index in [1.54, 1.807) is 18.2 Å². The average molecular weight is 500 g/mol. The van der Waals surface area contributed by atoms with Crippen molar-refractivity contribution in [3.8, 4) is 11.5 Å². The van der Waals surface area contributed by atoms with Gasteiger partial charge in [0.25, 0.3) is 5.91 Å². The summed E-state index contributed by atoms with van der Waals surface area (Å²) in [6.07, 6.45) is 4.19. The standard InChI is InChI=1S/C30H30FN3O3/c1-20-6-9-24(32-30(35)22-8-11-28-29(16-22)37-15-14-36-28)17-27(20)34-25(19-33-13-12-23(31)18-33)10-7-21-4-2-3-5-26(21)34/h2-11,16-17,23,25H,12-15,18-19H2,1H3,(H,32,35)/t23?,25-/m1/s1. The fourth-order valence-corrected chi connectivity index (χ4v) is 5.33. The molecule has 3 heterocycles. The Morgan fingerprint density at radius 3 is 2.70 bits per heavy atom. The molecule has 0 radical (unpaired) electrons. The zero-order valence-electron chi connectivity index (χ0n) is 20.8. The number of hydrogen-bond donors (Lipinski definition) is 1. The highest BCUT2D eigenvalue weighted by Crippen LogP contribution is 2.39. The maximum atomic E-state index is 13.9. The number of fused-ring (bicyclic) bond motifs is 2. The quantitative estimate of drug-likeness (QED) is 0.496. The maximum Gasteiger partial charge on any atom is 0.255 e. The molecule has 3 aliphatic heterocycles. The molecule has 1 fully saturated rings. The third kappa shape index (κ3) is 4.79. The molecule has 3 aromatic rings. The van der Waals surface area contributed by atoms with E-state index >= 15 is 0 Å². The highest BCUT2D eigenvalue weighted by molar-refractivity contribution is 6.05. The van der Waals surface area contributed by atoms with Gasteiger partial charge < -0.3 is 19.7 Å². The van der Waals surface area contributed by atoms with Crippen molar-refractivity contribution in [2.24, 2.45) is 0 Å². The molecule has 6 nitrogen and oxygen atoms in total. The summed E-state index contributed by atoms with van der Waals surface area (Å²) in [6, 6.07) is 19.5. The summed E-state index contributed by atoms with van der Waals surface area (Å²) in [5.74, 6) is 1.02. The second-order valence-electron chi connectivity index (χ2n) is 9.81. The highest BCUT2D eigenvalue weighted by Gasteiger charge is 2.30. The van der Waals surface area contributed by atoms with Crippen LogP contribution in [0, 0.1) is 6.92 Å². The van der Waals surface area contributed by atoms with Gasteiger partial charge in [-0.05, 0) is 60.9 Å². The number of carbonyl (C=O) groups excluding carboxylic acids is 1. The van der Waals surface area contributed by atoms with Crippen molar-refractivity contribution in [1.29, 1.82) is 0 Å². The Morgan fingerprint density at radius 2 is 1.86 bits per heavy atom. The van der Waals surface area contributed by atoms with E-state index < -0.39 is 6.17 Å². The van der Waals surface area contributed by atoms with Gasteiger partial charge in [0, 0.05) is 42.3 Å². The summed E-state index contributed by atoms with van der Waals surface area (Å²) in [6.45, 7) is 5.03. The Morgan fingerprint density at radius 1 is 1.03 bits per heavy atom. The minimum absolute atomic E-state index is 0.0441. The van der Waals surface area contributed by atoms with Crippen LogP contribution in [0.25, 0.3) is 6.08 Å². The predicted octanol–water partition coefficient (Wildman–Crippen LogP) is 5.60. The van der Waals surface area contributed by atoms with E-state index in [4.69, 9.17) is 9.47 Å². The normalized spacial score (nSPS) is 20.5. The molecule has 2 atom stereocenters. The van der Waals surface area contributed by atoms with Gasteiger partial charge in [-0.1, -0.05) is 36.4 Å². The SMILES string of the molecule is Cc1ccc(NC(=O)c2ccc3c(c2)OCCO3)cc1N1c2ccccc2C=C[C@@H]1CN1CCC(F)C1. The van der Waals surface area contributed by atoms with E-state index in [1.807, 2.05) is 30.3 Å². The molecule has 3 aromatic carbocycles. The Labute approximate surface area is 216 Å². The van der Waals surface area contributed by atoms with Gasteiger partial charge in [-0.15, -0.1) is 0 Å². The summed E-state index contributed by atoms with van der Waals surface area (Å²) in [5.41, 5.74) is 5.55. The number of para-hydroxylation sites is 1. The summed E-state index contributed by atoms with van der Waals surface area (Å²) >= 11 is 0. The topological polar surface area (TPSA) is 54.0 Å². The fraction of sp³-hybridized carbons (Fsp3) is 0.300. The predicted molar refractivity (Wildman–Crippen MR) is 144 cm³/mol. The summed E-state index contributed by atoms with van der Waals surface area (Å²) in [4.78, 5) is 17.6. The van der Waals surface area contributed by atoms with Crippen LogP contribution in [-0.4, -0.2) is 55.9 Å². The maximum absolute atomic E-state index is 13.9. The first-order chi connectivity index (χ1) is 18.0. The number of alkyl halides is 1. The third-order valence-corrected chi connectivity index (χ3v) is 7.22. The van der Waals surface area contributed by atoms with Crippen molar-refractivity contribution in [3.05, 3.63) is 83.4 Å². The van der Waals surface area contributed by atoms with Crippen LogP contribution in [0.1, 0.15) is 27.9 Å². The van der Waals surface area contributed by atoms with Crippen molar-refractivity contribution in [2.45, 2.75) is 25.6 Å². The monoisotopic (exact) mass is 499 g/mol. The van der Waals surface area contributed by atoms with Gasteiger partial charge in [0.15, 0.2) is 11.5 Å². The summed E-state index contributed by atoms with van der Waals surface area (Å²) in [5, 5.41) is 3.05. The van der Waals surface area contributed by atoms with E-state index in [2.05, 4.69) is 46.3 Å². The van der Waals surface area contributed by atoms with Gasteiger partial charge in [0.05, 0.1) is 6.04 Å². The van der Waals surface area contributed by atoms with Crippen LogP contribution in [-0.2, 0) is 0 Å². The average Bonchev–Trinajstić information content (AvgIpc) is 3.33. The molecule has 1 unspecified atom stereocenters. The molecule has 0 bridgehead atoms. The van der Waals surface area contributed by atoms with E-state index in [9.17, 15) is 9.18 Å². The van der Waals surface area contributed by atoms with Gasteiger partial charge in [0.2, 0.25) is 0 Å². The van der Waals surface area contributed by atoms with Crippen LogP contribution in [0.5, 0.6) is 11.5 Å². The molecule has 7 heteroatoms. The van der Waals surface area contributed by atoms with Gasteiger partial charge >= 0.3 is 0 Å². The lowest BCUT2D eigenvalue weighted by molar-refractivity contribution is 0.102. The van der Waals surface area contributed by atoms with Crippen molar-refractivity contribution >= 4 is 29.0 Å². The number of hydrogen-bond acceptors (Lipinski definition) is 5. The minimum atomic E-state index is -0.755. The molecule has 0 spiro atoms. The van der Waals surface area contributed by atoms with Crippen LogP contribution in [0.15, 0.2) is 66.7 Å². The number of nitrogens with one attached hydrogen (secondary N) is 1. The number of likely N-dealkylation sites (tertiary alicyclic amines) is 1. The van der Waals surface area contributed by atoms with Crippen LogP contribution < -0.4 is 19.7 Å². The van der Waals surface area contributed by atoms with Crippen molar-refractivity contribution < 1.29 is 18.7 Å². The first kappa shape index (κ1) is 23.6. The van der Waals surface area contributed by atoms with Crippen molar-refractivity contribution in [2.75, 3.05) is 43.1 Å². The molecule has 1 amide bonds. The molecule has 3 aliphatic rings. The second kappa shape index (κ2) is 9.90. The lowest BCUT2D eigenvalue weighted by Gasteiger charge is -2.38. The van der Waals surface area contributed by atoms with Gasteiger partial charge in [-0.25, -0.2) is 4.39 Å².